The van der Waals surface area contributed by atoms with Gasteiger partial charge in [-0.2, -0.15) is 0 Å². The molecular weight excluding hydrogens is 320 g/mol. The van der Waals surface area contributed by atoms with Gasteiger partial charge in [-0.1, -0.05) is 6.92 Å². The number of hydrogen-bond acceptors (Lipinski definition) is 7. The zero-order chi connectivity index (χ0) is 17.8. The van der Waals surface area contributed by atoms with Crippen LogP contribution in [-0.2, 0) is 11.2 Å². The lowest BCUT2D eigenvalue weighted by atomic mass is 10.0. The maximum absolute atomic E-state index is 11.7. The summed E-state index contributed by atoms with van der Waals surface area (Å²) in [5.41, 5.74) is 8.59. The molecule has 0 aliphatic carbocycles. The minimum Gasteiger partial charge on any atom is -0.453 e. The highest BCUT2D eigenvalue weighted by molar-refractivity contribution is 5.78. The molecule has 8 heteroatoms. The molecule has 0 atom stereocenters. The molecular formula is C17H22N6O2. The Hall–Kier alpha value is -2.90. The van der Waals surface area contributed by atoms with E-state index in [9.17, 15) is 4.79 Å². The van der Waals surface area contributed by atoms with Gasteiger partial charge in [0, 0.05) is 43.5 Å². The lowest BCUT2D eigenvalue weighted by Gasteiger charge is -2.35. The number of anilines is 2. The molecule has 0 saturated carbocycles. The summed E-state index contributed by atoms with van der Waals surface area (Å²) < 4.78 is 4.79. The van der Waals surface area contributed by atoms with Crippen LogP contribution in [0.25, 0.3) is 11.1 Å². The highest BCUT2D eigenvalue weighted by Crippen LogP contribution is 2.32. The third-order valence-corrected chi connectivity index (χ3v) is 4.33. The van der Waals surface area contributed by atoms with Crippen LogP contribution in [0.3, 0.4) is 0 Å². The second-order valence-electron chi connectivity index (χ2n) is 5.79. The average Bonchev–Trinajstić information content (AvgIpc) is 2.67. The van der Waals surface area contributed by atoms with Crippen LogP contribution in [0, 0.1) is 0 Å². The van der Waals surface area contributed by atoms with Crippen LogP contribution in [0.2, 0.25) is 0 Å². The van der Waals surface area contributed by atoms with E-state index in [1.165, 1.54) is 7.11 Å². The molecule has 0 bridgehead atoms. The number of methoxy groups -OCH3 is 1. The fourth-order valence-electron chi connectivity index (χ4n) is 3.00. The first-order chi connectivity index (χ1) is 12.1. The number of rotatable bonds is 3. The minimum absolute atomic E-state index is 0.292. The topological polar surface area (TPSA) is 97.5 Å². The molecule has 132 valence electrons. The second-order valence-corrected chi connectivity index (χ2v) is 5.79. The van der Waals surface area contributed by atoms with E-state index in [4.69, 9.17) is 10.5 Å². The first-order valence-corrected chi connectivity index (χ1v) is 8.27. The monoisotopic (exact) mass is 342 g/mol. The quantitative estimate of drug-likeness (QED) is 0.904. The minimum atomic E-state index is -0.292. The van der Waals surface area contributed by atoms with Crippen molar-refractivity contribution in [2.24, 2.45) is 0 Å². The molecule has 0 spiro atoms. The van der Waals surface area contributed by atoms with Gasteiger partial charge < -0.3 is 20.3 Å². The van der Waals surface area contributed by atoms with Crippen molar-refractivity contribution in [1.29, 1.82) is 0 Å². The number of aryl methyl sites for hydroxylation is 1. The van der Waals surface area contributed by atoms with Gasteiger partial charge in [-0.3, -0.25) is 0 Å². The normalized spacial score (nSPS) is 14.5. The Kier molecular flexibility index (Phi) is 4.97. The molecule has 25 heavy (non-hydrogen) atoms. The highest BCUT2D eigenvalue weighted by atomic mass is 16.5. The SMILES string of the molecule is CCc1ncnc(N2CCN(C(=O)OC)CC2)c1-c1ccc(N)nc1. The van der Waals surface area contributed by atoms with Gasteiger partial charge in [-0.05, 0) is 18.6 Å². The maximum Gasteiger partial charge on any atom is 0.409 e. The molecule has 2 aromatic rings. The van der Waals surface area contributed by atoms with Gasteiger partial charge in [-0.25, -0.2) is 19.7 Å². The Morgan fingerprint density at radius 2 is 1.96 bits per heavy atom. The van der Waals surface area contributed by atoms with Gasteiger partial charge >= 0.3 is 6.09 Å². The van der Waals surface area contributed by atoms with Gasteiger partial charge in [-0.15, -0.1) is 0 Å². The van der Waals surface area contributed by atoms with E-state index >= 15 is 0 Å². The Bertz CT molecular complexity index is 741. The summed E-state index contributed by atoms with van der Waals surface area (Å²) in [6.07, 6.45) is 3.84. The Morgan fingerprint density at radius 1 is 1.20 bits per heavy atom. The molecule has 1 fully saturated rings. The average molecular weight is 342 g/mol. The number of ether oxygens (including phenoxy) is 1. The number of nitrogens with two attached hydrogens (primary N) is 1. The first-order valence-electron chi connectivity index (χ1n) is 8.27. The van der Waals surface area contributed by atoms with Crippen molar-refractivity contribution in [3.8, 4) is 11.1 Å². The summed E-state index contributed by atoms with van der Waals surface area (Å²) in [6, 6.07) is 3.72. The number of nitrogens with zero attached hydrogens (tertiary/aromatic N) is 5. The molecule has 8 nitrogen and oxygen atoms in total. The Labute approximate surface area is 146 Å². The molecule has 2 aromatic heterocycles. The van der Waals surface area contributed by atoms with Gasteiger partial charge in [0.15, 0.2) is 0 Å². The summed E-state index contributed by atoms with van der Waals surface area (Å²) >= 11 is 0. The molecule has 0 radical (unpaired) electrons. The molecule has 0 unspecified atom stereocenters. The third-order valence-electron chi connectivity index (χ3n) is 4.33. The molecule has 1 amide bonds. The van der Waals surface area contributed by atoms with Crippen LogP contribution in [-0.4, -0.2) is 59.2 Å². The number of nitrogen functional groups attached to an aromatic ring is 1. The Balaban J connectivity index is 1.92. The van der Waals surface area contributed by atoms with Crippen molar-refractivity contribution < 1.29 is 9.53 Å². The zero-order valence-corrected chi connectivity index (χ0v) is 14.5. The predicted molar refractivity (Wildman–Crippen MR) is 95.2 cm³/mol. The molecule has 2 N–H and O–H groups in total. The van der Waals surface area contributed by atoms with E-state index in [-0.39, 0.29) is 6.09 Å². The maximum atomic E-state index is 11.7. The van der Waals surface area contributed by atoms with Crippen LogP contribution in [0.5, 0.6) is 0 Å². The van der Waals surface area contributed by atoms with Gasteiger partial charge in [0.2, 0.25) is 0 Å². The summed E-state index contributed by atoms with van der Waals surface area (Å²) in [5, 5.41) is 0. The number of hydrogen-bond donors (Lipinski definition) is 1. The number of carbonyl (C=O) groups is 1. The fraction of sp³-hybridized carbons (Fsp3) is 0.412. The molecule has 3 rings (SSSR count). The van der Waals surface area contributed by atoms with Crippen molar-refractivity contribution in [2.45, 2.75) is 13.3 Å². The van der Waals surface area contributed by atoms with Crippen LogP contribution in [0.15, 0.2) is 24.7 Å². The number of carbonyl (C=O) groups excluding carboxylic acids is 1. The van der Waals surface area contributed by atoms with Crippen LogP contribution in [0.1, 0.15) is 12.6 Å². The van der Waals surface area contributed by atoms with Crippen molar-refractivity contribution >= 4 is 17.7 Å². The predicted octanol–water partition coefficient (Wildman–Crippen LogP) is 1.57. The smallest absolute Gasteiger partial charge is 0.409 e. The molecule has 0 aromatic carbocycles. The van der Waals surface area contributed by atoms with Crippen molar-refractivity contribution in [3.63, 3.8) is 0 Å². The summed E-state index contributed by atoms with van der Waals surface area (Å²) in [6.45, 7) is 4.62. The molecule has 1 saturated heterocycles. The summed E-state index contributed by atoms with van der Waals surface area (Å²) in [5.74, 6) is 1.34. The van der Waals surface area contributed by atoms with E-state index in [0.717, 1.165) is 29.1 Å². The fourth-order valence-corrected chi connectivity index (χ4v) is 3.00. The van der Waals surface area contributed by atoms with Gasteiger partial charge in [0.1, 0.15) is 18.0 Å². The number of piperazine rings is 1. The van der Waals surface area contributed by atoms with Crippen molar-refractivity contribution in [3.05, 3.63) is 30.4 Å². The standard InChI is InChI=1S/C17H22N6O2/c1-3-13-15(12-4-5-14(18)19-10-12)16(21-11-20-13)22-6-8-23(9-7-22)17(24)25-2/h4-5,10-11H,3,6-9H2,1-2H3,(H2,18,19). The van der Waals surface area contributed by atoms with E-state index in [1.807, 2.05) is 6.07 Å². The summed E-state index contributed by atoms with van der Waals surface area (Å²) in [4.78, 5) is 28.7. The first kappa shape index (κ1) is 16.9. The summed E-state index contributed by atoms with van der Waals surface area (Å²) in [7, 11) is 1.40. The van der Waals surface area contributed by atoms with E-state index < -0.39 is 0 Å². The Morgan fingerprint density at radius 3 is 2.56 bits per heavy atom. The van der Waals surface area contributed by atoms with E-state index in [1.54, 1.807) is 23.5 Å². The molecule has 1 aliphatic rings. The van der Waals surface area contributed by atoms with Crippen LogP contribution in [0.4, 0.5) is 16.4 Å². The lowest BCUT2D eigenvalue weighted by molar-refractivity contribution is 0.121. The number of amides is 1. The van der Waals surface area contributed by atoms with E-state index in [0.29, 0.717) is 32.0 Å². The second kappa shape index (κ2) is 7.33. The highest BCUT2D eigenvalue weighted by Gasteiger charge is 2.25. The number of aromatic nitrogens is 3. The van der Waals surface area contributed by atoms with Crippen LogP contribution < -0.4 is 10.6 Å². The van der Waals surface area contributed by atoms with Crippen molar-refractivity contribution in [2.75, 3.05) is 43.9 Å². The zero-order valence-electron chi connectivity index (χ0n) is 14.5. The lowest BCUT2D eigenvalue weighted by Crippen LogP contribution is -2.49. The molecule has 3 heterocycles. The number of pyridine rings is 1. The van der Waals surface area contributed by atoms with Gasteiger partial charge in [0.05, 0.1) is 12.8 Å². The third kappa shape index (κ3) is 3.47. The largest absolute Gasteiger partial charge is 0.453 e. The molecule has 1 aliphatic heterocycles. The van der Waals surface area contributed by atoms with Crippen molar-refractivity contribution in [1.82, 2.24) is 19.9 Å². The van der Waals surface area contributed by atoms with Crippen LogP contribution >= 0.6 is 0 Å². The van der Waals surface area contributed by atoms with Gasteiger partial charge in [0.25, 0.3) is 0 Å². The van der Waals surface area contributed by atoms with E-state index in [2.05, 4.69) is 26.8 Å².